The molecule has 0 bridgehead atoms. The fraction of sp³-hybridized carbons (Fsp3) is 0.267. The third kappa shape index (κ3) is 2.93. The van der Waals surface area contributed by atoms with Gasteiger partial charge in [-0.15, -0.1) is 0 Å². The SMILES string of the molecule is O=C1CCCC/C1=C/C=C/c1ccccc1. The fourth-order valence-corrected chi connectivity index (χ4v) is 1.92. The Morgan fingerprint density at radius 2 is 1.75 bits per heavy atom. The summed E-state index contributed by atoms with van der Waals surface area (Å²) >= 11 is 0. The fourth-order valence-electron chi connectivity index (χ4n) is 1.92. The number of hydrogen-bond acceptors (Lipinski definition) is 1. The third-order valence-electron chi connectivity index (χ3n) is 2.84. The number of allylic oxidation sites excluding steroid dienone is 3. The smallest absolute Gasteiger partial charge is 0.158 e. The largest absolute Gasteiger partial charge is 0.295 e. The van der Waals surface area contributed by atoms with Crippen LogP contribution in [0.25, 0.3) is 6.08 Å². The van der Waals surface area contributed by atoms with Crippen LogP contribution in [0, 0.1) is 0 Å². The van der Waals surface area contributed by atoms with Crippen molar-refractivity contribution in [1.29, 1.82) is 0 Å². The van der Waals surface area contributed by atoms with Gasteiger partial charge in [-0.05, 0) is 30.4 Å². The van der Waals surface area contributed by atoms with Crippen LogP contribution in [0.15, 0.2) is 48.1 Å². The second-order valence-corrected chi connectivity index (χ2v) is 4.09. The van der Waals surface area contributed by atoms with Gasteiger partial charge in [-0.3, -0.25) is 4.79 Å². The second kappa shape index (κ2) is 5.45. The van der Waals surface area contributed by atoms with Crippen LogP contribution in [0.1, 0.15) is 31.2 Å². The van der Waals surface area contributed by atoms with Crippen molar-refractivity contribution in [2.45, 2.75) is 25.7 Å². The van der Waals surface area contributed by atoms with E-state index in [4.69, 9.17) is 0 Å². The molecule has 1 aliphatic carbocycles. The molecule has 1 aromatic carbocycles. The lowest BCUT2D eigenvalue weighted by atomic mass is 9.93. The highest BCUT2D eigenvalue weighted by atomic mass is 16.1. The molecule has 0 spiro atoms. The van der Waals surface area contributed by atoms with E-state index in [0.29, 0.717) is 5.78 Å². The first-order valence-corrected chi connectivity index (χ1v) is 5.82. The zero-order chi connectivity index (χ0) is 11.2. The summed E-state index contributed by atoms with van der Waals surface area (Å²) in [6.45, 7) is 0. The Bertz CT molecular complexity index is 412. The van der Waals surface area contributed by atoms with Gasteiger partial charge in [0.15, 0.2) is 5.78 Å². The van der Waals surface area contributed by atoms with Gasteiger partial charge >= 0.3 is 0 Å². The van der Waals surface area contributed by atoms with E-state index in [1.807, 2.05) is 36.4 Å². The van der Waals surface area contributed by atoms with Gasteiger partial charge in [-0.2, -0.15) is 0 Å². The zero-order valence-electron chi connectivity index (χ0n) is 9.36. The zero-order valence-corrected chi connectivity index (χ0v) is 9.36. The van der Waals surface area contributed by atoms with Gasteiger partial charge in [0.1, 0.15) is 0 Å². The maximum atomic E-state index is 11.5. The van der Waals surface area contributed by atoms with E-state index in [0.717, 1.165) is 31.3 Å². The Labute approximate surface area is 96.5 Å². The molecule has 1 fully saturated rings. The number of hydrogen-bond donors (Lipinski definition) is 0. The minimum Gasteiger partial charge on any atom is -0.295 e. The number of carbonyl (C=O) groups is 1. The molecule has 0 atom stereocenters. The van der Waals surface area contributed by atoms with Gasteiger partial charge in [-0.1, -0.05) is 48.6 Å². The van der Waals surface area contributed by atoms with E-state index in [2.05, 4.69) is 12.1 Å². The Kier molecular flexibility index (Phi) is 3.71. The molecule has 0 N–H and O–H groups in total. The monoisotopic (exact) mass is 212 g/mol. The van der Waals surface area contributed by atoms with Gasteiger partial charge in [0, 0.05) is 6.42 Å². The Hall–Kier alpha value is -1.63. The van der Waals surface area contributed by atoms with Crippen molar-refractivity contribution in [2.75, 3.05) is 0 Å². The topological polar surface area (TPSA) is 17.1 Å². The molecule has 0 saturated heterocycles. The quantitative estimate of drug-likeness (QED) is 0.682. The highest BCUT2D eigenvalue weighted by Crippen LogP contribution is 2.19. The van der Waals surface area contributed by atoms with Crippen molar-refractivity contribution in [3.63, 3.8) is 0 Å². The molecular formula is C15H16O. The van der Waals surface area contributed by atoms with Crippen molar-refractivity contribution in [1.82, 2.24) is 0 Å². The van der Waals surface area contributed by atoms with E-state index >= 15 is 0 Å². The molecule has 16 heavy (non-hydrogen) atoms. The first-order chi connectivity index (χ1) is 7.86. The lowest BCUT2D eigenvalue weighted by Crippen LogP contribution is -2.07. The van der Waals surface area contributed by atoms with E-state index in [-0.39, 0.29) is 0 Å². The lowest BCUT2D eigenvalue weighted by Gasteiger charge is -2.11. The second-order valence-electron chi connectivity index (χ2n) is 4.09. The van der Waals surface area contributed by atoms with Gasteiger partial charge < -0.3 is 0 Å². The van der Waals surface area contributed by atoms with Crippen LogP contribution in [-0.4, -0.2) is 5.78 Å². The molecule has 1 heteroatoms. The van der Waals surface area contributed by atoms with Gasteiger partial charge in [0.2, 0.25) is 0 Å². The summed E-state index contributed by atoms with van der Waals surface area (Å²) in [4.78, 5) is 11.5. The van der Waals surface area contributed by atoms with Crippen molar-refractivity contribution in [2.24, 2.45) is 0 Å². The molecule has 1 aromatic rings. The summed E-state index contributed by atoms with van der Waals surface area (Å²) in [5.74, 6) is 0.323. The number of carbonyl (C=O) groups excluding carboxylic acids is 1. The van der Waals surface area contributed by atoms with E-state index < -0.39 is 0 Å². The average molecular weight is 212 g/mol. The van der Waals surface area contributed by atoms with E-state index in [1.54, 1.807) is 0 Å². The Morgan fingerprint density at radius 3 is 2.50 bits per heavy atom. The standard InChI is InChI=1S/C15H16O/c16-15-12-5-4-10-14(15)11-6-9-13-7-2-1-3-8-13/h1-3,6-9,11H,4-5,10,12H2/b9-6+,14-11-. The van der Waals surface area contributed by atoms with Crippen LogP contribution in [-0.2, 0) is 4.79 Å². The summed E-state index contributed by atoms with van der Waals surface area (Å²) in [6, 6.07) is 10.1. The van der Waals surface area contributed by atoms with Gasteiger partial charge in [0.05, 0.1) is 0 Å². The minimum absolute atomic E-state index is 0.323. The van der Waals surface area contributed by atoms with Crippen molar-refractivity contribution >= 4 is 11.9 Å². The lowest BCUT2D eigenvalue weighted by molar-refractivity contribution is -0.116. The summed E-state index contributed by atoms with van der Waals surface area (Å²) in [7, 11) is 0. The summed E-state index contributed by atoms with van der Waals surface area (Å²) in [5, 5.41) is 0. The highest BCUT2D eigenvalue weighted by Gasteiger charge is 2.13. The molecule has 0 unspecified atom stereocenters. The first kappa shape index (κ1) is 10.9. The number of rotatable bonds is 2. The molecule has 82 valence electrons. The van der Waals surface area contributed by atoms with Crippen molar-refractivity contribution < 1.29 is 4.79 Å². The maximum absolute atomic E-state index is 11.5. The molecule has 0 radical (unpaired) electrons. The van der Waals surface area contributed by atoms with Crippen molar-refractivity contribution in [3.05, 3.63) is 53.6 Å². The predicted molar refractivity (Wildman–Crippen MR) is 67.0 cm³/mol. The van der Waals surface area contributed by atoms with Crippen LogP contribution in [0.5, 0.6) is 0 Å². The number of Topliss-reactive ketones (excluding diaryl/α,β-unsaturated/α-hetero) is 1. The molecule has 0 amide bonds. The van der Waals surface area contributed by atoms with E-state index in [1.165, 1.54) is 5.56 Å². The van der Waals surface area contributed by atoms with Gasteiger partial charge in [0.25, 0.3) is 0 Å². The van der Waals surface area contributed by atoms with Crippen LogP contribution in [0.3, 0.4) is 0 Å². The molecule has 0 aliphatic heterocycles. The normalized spacial score (nSPS) is 19.5. The molecule has 1 saturated carbocycles. The molecule has 0 aromatic heterocycles. The van der Waals surface area contributed by atoms with E-state index in [9.17, 15) is 4.79 Å². The number of benzene rings is 1. The highest BCUT2D eigenvalue weighted by molar-refractivity contribution is 5.96. The third-order valence-corrected chi connectivity index (χ3v) is 2.84. The van der Waals surface area contributed by atoms with Crippen LogP contribution in [0.2, 0.25) is 0 Å². The summed E-state index contributed by atoms with van der Waals surface area (Å²) in [6.07, 6.45) is 9.86. The molecule has 1 aliphatic rings. The number of ketones is 1. The summed E-state index contributed by atoms with van der Waals surface area (Å²) in [5.41, 5.74) is 2.15. The van der Waals surface area contributed by atoms with Crippen LogP contribution >= 0.6 is 0 Å². The van der Waals surface area contributed by atoms with Gasteiger partial charge in [-0.25, -0.2) is 0 Å². The van der Waals surface area contributed by atoms with Crippen molar-refractivity contribution in [3.8, 4) is 0 Å². The molecule has 2 rings (SSSR count). The average Bonchev–Trinajstić information content (AvgIpc) is 2.33. The molecular weight excluding hydrogens is 196 g/mol. The predicted octanol–water partition coefficient (Wildman–Crippen LogP) is 3.77. The van der Waals surface area contributed by atoms with Crippen LogP contribution in [0.4, 0.5) is 0 Å². The van der Waals surface area contributed by atoms with Crippen LogP contribution < -0.4 is 0 Å². The Morgan fingerprint density at radius 1 is 1.00 bits per heavy atom. The summed E-state index contributed by atoms with van der Waals surface area (Å²) < 4.78 is 0. The maximum Gasteiger partial charge on any atom is 0.158 e. The minimum atomic E-state index is 0.323. The molecule has 1 nitrogen and oxygen atoms in total. The molecule has 0 heterocycles. The Balaban J connectivity index is 2.02. The first-order valence-electron chi connectivity index (χ1n) is 5.82.